The van der Waals surface area contributed by atoms with Crippen LogP contribution in [0.3, 0.4) is 0 Å². The third-order valence-corrected chi connectivity index (χ3v) is 4.76. The summed E-state index contributed by atoms with van der Waals surface area (Å²) in [6, 6.07) is 7.47. The summed E-state index contributed by atoms with van der Waals surface area (Å²) in [5.41, 5.74) is 1.70. The SMILES string of the molecule is CSc1nnc(NC(=O)c2ccc(Cn3ccnc3)cc2)s1. The molecule has 0 bridgehead atoms. The number of carbonyl (C=O) groups is 1. The van der Waals surface area contributed by atoms with E-state index in [1.807, 2.05) is 29.2 Å². The van der Waals surface area contributed by atoms with Crippen molar-refractivity contribution < 1.29 is 4.79 Å². The summed E-state index contributed by atoms with van der Waals surface area (Å²) in [7, 11) is 0. The number of thioether (sulfide) groups is 1. The Balaban J connectivity index is 1.65. The summed E-state index contributed by atoms with van der Waals surface area (Å²) < 4.78 is 2.80. The van der Waals surface area contributed by atoms with Crippen LogP contribution in [-0.2, 0) is 6.54 Å². The highest BCUT2D eigenvalue weighted by atomic mass is 32.2. The molecule has 3 aromatic rings. The maximum absolute atomic E-state index is 12.1. The second kappa shape index (κ2) is 6.71. The molecule has 22 heavy (non-hydrogen) atoms. The van der Waals surface area contributed by atoms with E-state index >= 15 is 0 Å². The molecule has 0 aliphatic carbocycles. The number of hydrogen-bond acceptors (Lipinski definition) is 6. The predicted octanol–water partition coefficient (Wildman–Crippen LogP) is 2.76. The normalized spacial score (nSPS) is 10.6. The number of anilines is 1. The van der Waals surface area contributed by atoms with E-state index in [-0.39, 0.29) is 5.91 Å². The van der Waals surface area contributed by atoms with Crippen molar-refractivity contribution in [3.05, 3.63) is 54.1 Å². The number of carbonyl (C=O) groups excluding carboxylic acids is 1. The van der Waals surface area contributed by atoms with Crippen molar-refractivity contribution in [1.29, 1.82) is 0 Å². The quantitative estimate of drug-likeness (QED) is 0.575. The van der Waals surface area contributed by atoms with Crippen LogP contribution in [0.25, 0.3) is 0 Å². The van der Waals surface area contributed by atoms with Gasteiger partial charge in [0.15, 0.2) is 4.34 Å². The van der Waals surface area contributed by atoms with Crippen molar-refractivity contribution in [1.82, 2.24) is 19.7 Å². The smallest absolute Gasteiger partial charge is 0.257 e. The highest BCUT2D eigenvalue weighted by Gasteiger charge is 2.10. The molecule has 0 spiro atoms. The van der Waals surface area contributed by atoms with Crippen LogP contribution in [0.5, 0.6) is 0 Å². The molecular weight excluding hydrogens is 318 g/mol. The minimum absolute atomic E-state index is 0.182. The van der Waals surface area contributed by atoms with E-state index in [0.29, 0.717) is 10.7 Å². The van der Waals surface area contributed by atoms with Crippen LogP contribution in [0.2, 0.25) is 0 Å². The Morgan fingerprint density at radius 3 is 2.77 bits per heavy atom. The van der Waals surface area contributed by atoms with Gasteiger partial charge in [-0.2, -0.15) is 0 Å². The van der Waals surface area contributed by atoms with E-state index in [2.05, 4.69) is 20.5 Å². The highest BCUT2D eigenvalue weighted by Crippen LogP contribution is 2.23. The van der Waals surface area contributed by atoms with Crippen LogP contribution < -0.4 is 5.32 Å². The van der Waals surface area contributed by atoms with Gasteiger partial charge in [-0.25, -0.2) is 4.98 Å². The average molecular weight is 331 g/mol. The molecule has 0 saturated carbocycles. The van der Waals surface area contributed by atoms with Gasteiger partial charge in [0, 0.05) is 24.5 Å². The Labute approximate surface area is 135 Å². The largest absolute Gasteiger partial charge is 0.333 e. The first-order chi connectivity index (χ1) is 10.7. The molecule has 2 aromatic heterocycles. The molecule has 112 valence electrons. The molecule has 0 fully saturated rings. The van der Waals surface area contributed by atoms with Crippen LogP contribution in [0.4, 0.5) is 5.13 Å². The molecule has 0 radical (unpaired) electrons. The molecule has 2 heterocycles. The lowest BCUT2D eigenvalue weighted by Gasteiger charge is -2.05. The minimum atomic E-state index is -0.182. The fourth-order valence-electron chi connectivity index (χ4n) is 1.86. The van der Waals surface area contributed by atoms with Crippen molar-refractivity contribution in [2.75, 3.05) is 11.6 Å². The van der Waals surface area contributed by atoms with Crippen LogP contribution in [0.1, 0.15) is 15.9 Å². The minimum Gasteiger partial charge on any atom is -0.333 e. The molecule has 8 heteroatoms. The maximum atomic E-state index is 12.1. The zero-order valence-electron chi connectivity index (χ0n) is 11.8. The fraction of sp³-hybridized carbons (Fsp3) is 0.143. The molecule has 0 unspecified atom stereocenters. The van der Waals surface area contributed by atoms with Gasteiger partial charge in [0.25, 0.3) is 5.91 Å². The summed E-state index contributed by atoms with van der Waals surface area (Å²) in [6.07, 6.45) is 7.33. The summed E-state index contributed by atoms with van der Waals surface area (Å²) in [5, 5.41) is 11.1. The van der Waals surface area contributed by atoms with Gasteiger partial charge < -0.3 is 4.57 Å². The van der Waals surface area contributed by atoms with E-state index < -0.39 is 0 Å². The lowest BCUT2D eigenvalue weighted by molar-refractivity contribution is 0.102. The van der Waals surface area contributed by atoms with Gasteiger partial charge in [-0.05, 0) is 24.0 Å². The molecule has 3 rings (SSSR count). The van der Waals surface area contributed by atoms with Crippen LogP contribution >= 0.6 is 23.1 Å². The third kappa shape index (κ3) is 3.52. The molecule has 0 aliphatic rings. The first-order valence-electron chi connectivity index (χ1n) is 6.48. The molecule has 0 atom stereocenters. The molecule has 0 aliphatic heterocycles. The number of imidazole rings is 1. The monoisotopic (exact) mass is 331 g/mol. The van der Waals surface area contributed by atoms with Gasteiger partial charge >= 0.3 is 0 Å². The Hall–Kier alpha value is -2.19. The van der Waals surface area contributed by atoms with E-state index in [4.69, 9.17) is 0 Å². The fourth-order valence-corrected chi connectivity index (χ4v) is 3.03. The number of rotatable bonds is 5. The highest BCUT2D eigenvalue weighted by molar-refractivity contribution is 8.00. The van der Waals surface area contributed by atoms with Gasteiger partial charge in [0.1, 0.15) is 0 Å². The van der Waals surface area contributed by atoms with Gasteiger partial charge in [-0.15, -0.1) is 10.2 Å². The van der Waals surface area contributed by atoms with E-state index in [0.717, 1.165) is 16.4 Å². The summed E-state index contributed by atoms with van der Waals surface area (Å²) in [4.78, 5) is 16.2. The van der Waals surface area contributed by atoms with Gasteiger partial charge in [-0.3, -0.25) is 10.1 Å². The van der Waals surface area contributed by atoms with Crippen molar-refractivity contribution >= 4 is 34.1 Å². The topological polar surface area (TPSA) is 72.7 Å². The van der Waals surface area contributed by atoms with Gasteiger partial charge in [0.05, 0.1) is 6.33 Å². The number of amides is 1. The van der Waals surface area contributed by atoms with Crippen molar-refractivity contribution in [3.63, 3.8) is 0 Å². The van der Waals surface area contributed by atoms with Crippen LogP contribution in [0, 0.1) is 0 Å². The molecular formula is C14H13N5OS2. The second-order valence-corrected chi connectivity index (χ2v) is 6.49. The molecule has 0 saturated heterocycles. The number of hydrogen-bond donors (Lipinski definition) is 1. The van der Waals surface area contributed by atoms with E-state index in [1.165, 1.54) is 23.1 Å². The number of nitrogens with zero attached hydrogens (tertiary/aromatic N) is 4. The molecule has 1 amide bonds. The Kier molecular flexibility index (Phi) is 4.50. The maximum Gasteiger partial charge on any atom is 0.257 e. The Morgan fingerprint density at radius 1 is 1.32 bits per heavy atom. The lowest BCUT2D eigenvalue weighted by Crippen LogP contribution is -2.11. The lowest BCUT2D eigenvalue weighted by atomic mass is 10.1. The molecule has 1 N–H and O–H groups in total. The van der Waals surface area contributed by atoms with E-state index in [9.17, 15) is 4.79 Å². The van der Waals surface area contributed by atoms with Crippen molar-refractivity contribution in [2.24, 2.45) is 0 Å². The summed E-state index contributed by atoms with van der Waals surface area (Å²) in [6.45, 7) is 0.732. The second-order valence-electron chi connectivity index (χ2n) is 4.46. The number of nitrogens with one attached hydrogen (secondary N) is 1. The standard InChI is InChI=1S/C14H13N5OS2/c1-21-14-18-17-13(22-14)16-12(20)11-4-2-10(3-5-11)8-19-7-6-15-9-19/h2-7,9H,8H2,1H3,(H,16,17,20). The number of benzene rings is 1. The summed E-state index contributed by atoms with van der Waals surface area (Å²) in [5.74, 6) is -0.182. The molecule has 1 aromatic carbocycles. The van der Waals surface area contributed by atoms with Crippen molar-refractivity contribution in [2.45, 2.75) is 10.9 Å². The molecule has 6 nitrogen and oxygen atoms in total. The third-order valence-electron chi connectivity index (χ3n) is 2.94. The Bertz CT molecular complexity index is 752. The zero-order valence-corrected chi connectivity index (χ0v) is 13.4. The van der Waals surface area contributed by atoms with Crippen LogP contribution in [-0.4, -0.2) is 31.9 Å². The predicted molar refractivity (Wildman–Crippen MR) is 87.4 cm³/mol. The number of aromatic nitrogens is 4. The Morgan fingerprint density at radius 2 is 2.14 bits per heavy atom. The van der Waals surface area contributed by atoms with Crippen molar-refractivity contribution in [3.8, 4) is 0 Å². The van der Waals surface area contributed by atoms with Gasteiger partial charge in [0.2, 0.25) is 5.13 Å². The van der Waals surface area contributed by atoms with Crippen LogP contribution in [0.15, 0.2) is 47.3 Å². The van der Waals surface area contributed by atoms with E-state index in [1.54, 1.807) is 24.7 Å². The zero-order chi connectivity index (χ0) is 15.4. The average Bonchev–Trinajstić information content (AvgIpc) is 3.19. The summed E-state index contributed by atoms with van der Waals surface area (Å²) >= 11 is 2.86. The first-order valence-corrected chi connectivity index (χ1v) is 8.52. The van der Waals surface area contributed by atoms with Gasteiger partial charge in [-0.1, -0.05) is 35.2 Å². The first kappa shape index (κ1) is 14.7.